The first-order chi connectivity index (χ1) is 8.48. The van der Waals surface area contributed by atoms with E-state index in [0.29, 0.717) is 0 Å². The van der Waals surface area contributed by atoms with Crippen LogP contribution in [0.4, 0.5) is 0 Å². The van der Waals surface area contributed by atoms with Gasteiger partial charge in [0.05, 0.1) is 7.11 Å². The monoisotopic (exact) mass is 246 g/mol. The molecular weight excluding hydrogens is 228 g/mol. The summed E-state index contributed by atoms with van der Waals surface area (Å²) in [5.41, 5.74) is 0.310. The van der Waals surface area contributed by atoms with Crippen molar-refractivity contribution in [3.05, 3.63) is 48.6 Å². The van der Waals surface area contributed by atoms with Gasteiger partial charge in [-0.1, -0.05) is 30.9 Å². The lowest BCUT2D eigenvalue weighted by Gasteiger charge is -2.23. The van der Waals surface area contributed by atoms with E-state index in [4.69, 9.17) is 4.74 Å². The number of methoxy groups -OCH3 is 1. The molecule has 0 aliphatic heterocycles. The minimum Gasteiger partial charge on any atom is -0.483 e. The first kappa shape index (κ1) is 14.0. The number of carbonyl (C=O) groups is 1. The van der Waals surface area contributed by atoms with Crippen LogP contribution in [0.3, 0.4) is 0 Å². The minimum atomic E-state index is -0.604. The molecule has 3 nitrogen and oxygen atoms in total. The second kappa shape index (κ2) is 6.05. The molecule has 0 saturated heterocycles. The Morgan fingerprint density at radius 3 is 2.61 bits per heavy atom. The normalized spacial score (nSPS) is 11.3. The van der Waals surface area contributed by atoms with Crippen molar-refractivity contribution in [1.29, 1.82) is 0 Å². The first-order valence-electron chi connectivity index (χ1n) is 5.66. The van der Waals surface area contributed by atoms with Gasteiger partial charge in [-0.3, -0.25) is 0 Å². The van der Waals surface area contributed by atoms with Crippen molar-refractivity contribution in [2.45, 2.75) is 19.4 Å². The Balaban J connectivity index is 2.85. The maximum Gasteiger partial charge on any atom is 0.330 e. The molecule has 1 aromatic rings. The van der Waals surface area contributed by atoms with E-state index in [9.17, 15) is 4.79 Å². The largest absolute Gasteiger partial charge is 0.483 e. The predicted octanol–water partition coefficient (Wildman–Crippen LogP) is 3.22. The molecule has 1 aromatic carbocycles. The number of hydrogen-bond acceptors (Lipinski definition) is 3. The molecule has 0 fully saturated rings. The third-order valence-electron chi connectivity index (χ3n) is 2.33. The topological polar surface area (TPSA) is 35.5 Å². The molecule has 0 aliphatic carbocycles. The van der Waals surface area contributed by atoms with Crippen LogP contribution in [0.25, 0.3) is 6.08 Å². The first-order valence-corrected chi connectivity index (χ1v) is 5.66. The summed E-state index contributed by atoms with van der Waals surface area (Å²) in [6.07, 6.45) is 4.75. The molecule has 0 spiro atoms. The highest BCUT2D eigenvalue weighted by molar-refractivity contribution is 5.81. The summed E-state index contributed by atoms with van der Waals surface area (Å²) in [6, 6.07) is 7.59. The van der Waals surface area contributed by atoms with Gasteiger partial charge < -0.3 is 9.47 Å². The molecule has 0 unspecified atom stereocenters. The van der Waals surface area contributed by atoms with Gasteiger partial charge in [-0.05, 0) is 26.0 Å². The summed E-state index contributed by atoms with van der Waals surface area (Å²) < 4.78 is 10.4. The highest BCUT2D eigenvalue weighted by Crippen LogP contribution is 2.24. The molecule has 0 heterocycles. The van der Waals surface area contributed by atoms with E-state index in [1.54, 1.807) is 12.2 Å². The van der Waals surface area contributed by atoms with Gasteiger partial charge in [0.25, 0.3) is 0 Å². The van der Waals surface area contributed by atoms with Crippen LogP contribution in [-0.2, 0) is 9.53 Å². The smallest absolute Gasteiger partial charge is 0.330 e. The highest BCUT2D eigenvalue weighted by Gasteiger charge is 2.17. The zero-order chi connectivity index (χ0) is 13.6. The second-order valence-corrected chi connectivity index (χ2v) is 4.30. The van der Waals surface area contributed by atoms with Gasteiger partial charge in [0.15, 0.2) is 0 Å². The average Bonchev–Trinajstić information content (AvgIpc) is 2.36. The standard InChI is InChI=1S/C15H18O3/c1-5-12-8-6-7-9-13(12)18-15(2,3)11-10-14(16)17-4/h5-11H,1H2,2-4H3/b11-10+. The summed E-state index contributed by atoms with van der Waals surface area (Å²) >= 11 is 0. The summed E-state index contributed by atoms with van der Waals surface area (Å²) in [5, 5.41) is 0. The van der Waals surface area contributed by atoms with Crippen molar-refractivity contribution in [2.24, 2.45) is 0 Å². The van der Waals surface area contributed by atoms with Crippen LogP contribution in [-0.4, -0.2) is 18.7 Å². The van der Waals surface area contributed by atoms with Gasteiger partial charge in [0.1, 0.15) is 11.4 Å². The maximum absolute atomic E-state index is 11.1. The van der Waals surface area contributed by atoms with Crippen molar-refractivity contribution in [3.8, 4) is 5.75 Å². The van der Waals surface area contributed by atoms with Gasteiger partial charge in [0, 0.05) is 11.6 Å². The molecule has 0 saturated carbocycles. The molecule has 18 heavy (non-hydrogen) atoms. The van der Waals surface area contributed by atoms with E-state index in [1.807, 2.05) is 38.1 Å². The fourth-order valence-corrected chi connectivity index (χ4v) is 1.40. The molecule has 0 radical (unpaired) electrons. The molecule has 3 heteroatoms. The number of para-hydroxylation sites is 1. The lowest BCUT2D eigenvalue weighted by molar-refractivity contribution is -0.134. The van der Waals surface area contributed by atoms with Crippen molar-refractivity contribution >= 4 is 12.0 Å². The van der Waals surface area contributed by atoms with Crippen molar-refractivity contribution < 1.29 is 14.3 Å². The molecule has 0 atom stereocenters. The quantitative estimate of drug-likeness (QED) is 0.591. The number of ether oxygens (including phenoxy) is 2. The Hall–Kier alpha value is -2.03. The Morgan fingerprint density at radius 2 is 2.00 bits per heavy atom. The average molecular weight is 246 g/mol. The van der Waals surface area contributed by atoms with Gasteiger partial charge in [-0.2, -0.15) is 0 Å². The van der Waals surface area contributed by atoms with E-state index in [1.165, 1.54) is 13.2 Å². The number of esters is 1. The van der Waals surface area contributed by atoms with Crippen LogP contribution in [0.1, 0.15) is 19.4 Å². The predicted molar refractivity (Wildman–Crippen MR) is 72.4 cm³/mol. The maximum atomic E-state index is 11.1. The Labute approximate surface area is 108 Å². The van der Waals surface area contributed by atoms with Crippen LogP contribution >= 0.6 is 0 Å². The Morgan fingerprint density at radius 1 is 1.33 bits per heavy atom. The SMILES string of the molecule is C=Cc1ccccc1OC(C)(C)/C=C/C(=O)OC. The van der Waals surface area contributed by atoms with E-state index < -0.39 is 11.6 Å². The van der Waals surface area contributed by atoms with E-state index in [2.05, 4.69) is 11.3 Å². The molecule has 0 aromatic heterocycles. The molecular formula is C15H18O3. The van der Waals surface area contributed by atoms with E-state index in [-0.39, 0.29) is 0 Å². The Bertz CT molecular complexity index is 459. The molecule has 0 aliphatic rings. The summed E-state index contributed by atoms with van der Waals surface area (Å²) in [5.74, 6) is 0.329. The summed E-state index contributed by atoms with van der Waals surface area (Å²) in [6.45, 7) is 7.47. The van der Waals surface area contributed by atoms with E-state index >= 15 is 0 Å². The van der Waals surface area contributed by atoms with Crippen molar-refractivity contribution in [2.75, 3.05) is 7.11 Å². The zero-order valence-corrected chi connectivity index (χ0v) is 11.0. The lowest BCUT2D eigenvalue weighted by Crippen LogP contribution is -2.26. The highest BCUT2D eigenvalue weighted by atomic mass is 16.5. The fourth-order valence-electron chi connectivity index (χ4n) is 1.40. The van der Waals surface area contributed by atoms with Gasteiger partial charge in [0.2, 0.25) is 0 Å². The molecule has 0 N–H and O–H groups in total. The lowest BCUT2D eigenvalue weighted by atomic mass is 10.1. The number of hydrogen-bond donors (Lipinski definition) is 0. The van der Waals surface area contributed by atoms with Crippen LogP contribution in [0.2, 0.25) is 0 Å². The van der Waals surface area contributed by atoms with Gasteiger partial charge in [-0.25, -0.2) is 4.79 Å². The fraction of sp³-hybridized carbons (Fsp3) is 0.267. The third kappa shape index (κ3) is 4.09. The zero-order valence-electron chi connectivity index (χ0n) is 11.0. The molecule has 0 bridgehead atoms. The second-order valence-electron chi connectivity index (χ2n) is 4.30. The molecule has 96 valence electrons. The van der Waals surface area contributed by atoms with Crippen molar-refractivity contribution in [3.63, 3.8) is 0 Å². The van der Waals surface area contributed by atoms with Crippen LogP contribution in [0.5, 0.6) is 5.75 Å². The summed E-state index contributed by atoms with van der Waals surface area (Å²) in [7, 11) is 1.34. The number of benzene rings is 1. The molecule has 0 amide bonds. The molecule has 1 rings (SSSR count). The van der Waals surface area contributed by atoms with Crippen molar-refractivity contribution in [1.82, 2.24) is 0 Å². The van der Waals surface area contributed by atoms with Gasteiger partial charge in [-0.15, -0.1) is 0 Å². The van der Waals surface area contributed by atoms with E-state index in [0.717, 1.165) is 11.3 Å². The van der Waals surface area contributed by atoms with Crippen LogP contribution in [0.15, 0.2) is 43.0 Å². The minimum absolute atomic E-state index is 0.399. The number of carbonyl (C=O) groups excluding carboxylic acids is 1. The summed E-state index contributed by atoms with van der Waals surface area (Å²) in [4.78, 5) is 11.1. The van der Waals surface area contributed by atoms with Crippen LogP contribution < -0.4 is 4.74 Å². The number of rotatable bonds is 5. The third-order valence-corrected chi connectivity index (χ3v) is 2.33. The Kier molecular flexibility index (Phi) is 4.72. The van der Waals surface area contributed by atoms with Crippen LogP contribution in [0, 0.1) is 0 Å². The van der Waals surface area contributed by atoms with Gasteiger partial charge >= 0.3 is 5.97 Å².